The molecule has 2 unspecified atom stereocenters. The molecule has 1 N–H and O–H groups in total. The van der Waals surface area contributed by atoms with Gasteiger partial charge in [0.2, 0.25) is 0 Å². The number of carbonyl (C=O) groups is 1. The van der Waals surface area contributed by atoms with Gasteiger partial charge in [0.05, 0.1) is 5.75 Å². The van der Waals surface area contributed by atoms with Crippen molar-refractivity contribution in [2.75, 3.05) is 25.4 Å². The Hall–Kier alpha value is -4.11. The molecule has 0 bridgehead atoms. The molecule has 0 saturated heterocycles. The third-order valence-electron chi connectivity index (χ3n) is 10.4. The van der Waals surface area contributed by atoms with Gasteiger partial charge in [-0.3, -0.25) is 9.35 Å². The molecule has 3 aromatic rings. The Labute approximate surface area is 295 Å². The zero-order valence-electron chi connectivity index (χ0n) is 30.0. The molecule has 6 rings (SSSR count). The van der Waals surface area contributed by atoms with Crippen LogP contribution in [0.3, 0.4) is 0 Å². The molecule has 264 valence electrons. The van der Waals surface area contributed by atoms with Gasteiger partial charge in [-0.25, -0.2) is 0 Å². The standard InChI is InChI=1S/C40H48N4O5S/c1-25-21-39(3,4)23-27-17-35-33(19-31(25)27)37(34-20-32-26(2)22-40(5,6)24-28(32)18-36(34)49-35)29-11-7-8-12-30(29)38(45)44(14-9-13-42-43-41)15-10-16-50(46,47)48/h7-8,11-12,17-20,23,25-26H,9-10,13-16,21-22,24H2,1-6H3,(H,46,47,48). The van der Waals surface area contributed by atoms with Gasteiger partial charge in [-0.1, -0.05) is 70.9 Å². The zero-order chi connectivity index (χ0) is 36.0. The molecule has 2 aliphatic carbocycles. The van der Waals surface area contributed by atoms with Crippen LogP contribution in [0.4, 0.5) is 0 Å². The first-order chi connectivity index (χ1) is 23.6. The van der Waals surface area contributed by atoms with E-state index in [2.05, 4.69) is 81.9 Å². The quantitative estimate of drug-likeness (QED) is 0.0593. The number of hydrogen-bond donors (Lipinski definition) is 1. The highest BCUT2D eigenvalue weighted by molar-refractivity contribution is 7.85. The summed E-state index contributed by atoms with van der Waals surface area (Å²) in [7, 11) is -4.20. The first-order valence-electron chi connectivity index (χ1n) is 17.7. The minimum absolute atomic E-state index is 0.0525. The molecule has 0 fully saturated rings. The topological polar surface area (TPSA) is 133 Å². The summed E-state index contributed by atoms with van der Waals surface area (Å²) in [5, 5.41) is 5.75. The number of ether oxygens (including phenoxy) is 1. The highest BCUT2D eigenvalue weighted by Gasteiger charge is 2.34. The molecule has 2 atom stereocenters. The molecule has 0 spiro atoms. The Morgan fingerprint density at radius 3 is 2.44 bits per heavy atom. The van der Waals surface area contributed by atoms with Gasteiger partial charge in [0, 0.05) is 46.5 Å². The molecule has 3 aromatic carbocycles. The second-order valence-corrected chi connectivity index (χ2v) is 17.5. The van der Waals surface area contributed by atoms with Crippen molar-refractivity contribution in [3.05, 3.63) is 103 Å². The van der Waals surface area contributed by atoms with Crippen LogP contribution in [0.5, 0.6) is 11.5 Å². The van der Waals surface area contributed by atoms with Crippen LogP contribution in [0, 0.1) is 10.8 Å². The second-order valence-electron chi connectivity index (χ2n) is 16.0. The first kappa shape index (κ1) is 35.7. The molecule has 0 aromatic heterocycles. The average molecular weight is 697 g/mol. The summed E-state index contributed by atoms with van der Waals surface area (Å²) in [6.45, 7) is 14.3. The number of fused-ring (bicyclic) bond motifs is 4. The molecule has 10 heteroatoms. The van der Waals surface area contributed by atoms with Crippen molar-refractivity contribution in [3.63, 3.8) is 0 Å². The van der Waals surface area contributed by atoms with Crippen molar-refractivity contribution < 1.29 is 22.5 Å². The van der Waals surface area contributed by atoms with E-state index in [0.29, 0.717) is 23.8 Å². The molecule has 1 amide bonds. The van der Waals surface area contributed by atoms with E-state index in [0.717, 1.165) is 52.7 Å². The van der Waals surface area contributed by atoms with E-state index in [-0.39, 0.29) is 42.8 Å². The van der Waals surface area contributed by atoms with Crippen LogP contribution >= 0.6 is 0 Å². The lowest BCUT2D eigenvalue weighted by molar-refractivity contribution is 0.0754. The lowest BCUT2D eigenvalue weighted by Crippen LogP contribution is -2.35. The minimum atomic E-state index is -4.20. The van der Waals surface area contributed by atoms with E-state index in [1.54, 1.807) is 4.90 Å². The SMILES string of the molecule is CC1CC(C)(C)Cc2cc3c(cc21)C(c1ccccc1C(=O)N(CCCN=[N+]=[N-])CCCS(=O)(=O)O)=c1cc2c(cc1O3)=CC(C)(C)CC2C. The minimum Gasteiger partial charge on any atom is -0.456 e. The van der Waals surface area contributed by atoms with E-state index in [9.17, 15) is 17.8 Å². The monoisotopic (exact) mass is 696 g/mol. The molecule has 0 saturated carbocycles. The molecule has 1 aliphatic heterocycles. The third-order valence-corrected chi connectivity index (χ3v) is 11.3. The van der Waals surface area contributed by atoms with Crippen LogP contribution < -0.4 is 15.2 Å². The van der Waals surface area contributed by atoms with Gasteiger partial charge in [0.25, 0.3) is 16.0 Å². The molecule has 1 heterocycles. The maximum atomic E-state index is 14.5. The summed E-state index contributed by atoms with van der Waals surface area (Å²) in [5.74, 6) is 1.51. The highest BCUT2D eigenvalue weighted by atomic mass is 32.2. The highest BCUT2D eigenvalue weighted by Crippen LogP contribution is 2.47. The number of amides is 1. The van der Waals surface area contributed by atoms with Crippen molar-refractivity contribution >= 4 is 27.7 Å². The summed E-state index contributed by atoms with van der Waals surface area (Å²) in [5.41, 5.74) is 16.0. The van der Waals surface area contributed by atoms with Gasteiger partial charge in [0.1, 0.15) is 11.5 Å². The third kappa shape index (κ3) is 7.48. The zero-order valence-corrected chi connectivity index (χ0v) is 30.8. The second kappa shape index (κ2) is 13.5. The van der Waals surface area contributed by atoms with E-state index in [1.165, 1.54) is 21.9 Å². The predicted molar refractivity (Wildman–Crippen MR) is 198 cm³/mol. The molecule has 3 aliphatic rings. The molecular formula is C40H48N4O5S. The van der Waals surface area contributed by atoms with Crippen molar-refractivity contribution in [2.45, 2.75) is 85.5 Å². The normalized spacial score (nSPS) is 19.8. The van der Waals surface area contributed by atoms with Crippen molar-refractivity contribution in [1.82, 2.24) is 4.90 Å². The Balaban J connectivity index is 1.56. The number of benzene rings is 3. The Morgan fingerprint density at radius 2 is 1.70 bits per heavy atom. The number of hydrogen-bond acceptors (Lipinski definition) is 5. The summed E-state index contributed by atoms with van der Waals surface area (Å²) >= 11 is 0. The molecule has 9 nitrogen and oxygen atoms in total. The van der Waals surface area contributed by atoms with Crippen molar-refractivity contribution in [3.8, 4) is 11.5 Å². The van der Waals surface area contributed by atoms with Gasteiger partial charge in [0.15, 0.2) is 0 Å². The lowest BCUT2D eigenvalue weighted by Gasteiger charge is -2.37. The van der Waals surface area contributed by atoms with Crippen molar-refractivity contribution in [2.24, 2.45) is 15.9 Å². The predicted octanol–water partition coefficient (Wildman–Crippen LogP) is 7.85. The van der Waals surface area contributed by atoms with Gasteiger partial charge in [-0.2, -0.15) is 8.42 Å². The maximum absolute atomic E-state index is 14.5. The van der Waals surface area contributed by atoms with Gasteiger partial charge >= 0.3 is 0 Å². The number of rotatable bonds is 10. The molecular weight excluding hydrogens is 649 g/mol. The molecule has 0 radical (unpaired) electrons. The van der Waals surface area contributed by atoms with E-state index >= 15 is 0 Å². The van der Waals surface area contributed by atoms with Crippen LogP contribution in [0.25, 0.3) is 22.1 Å². The van der Waals surface area contributed by atoms with Gasteiger partial charge in [-0.05, 0) is 118 Å². The first-order valence-corrected chi connectivity index (χ1v) is 19.3. The number of azide groups is 1. The van der Waals surface area contributed by atoms with E-state index < -0.39 is 15.9 Å². The fraction of sp³-hybridized carbons (Fsp3) is 0.475. The van der Waals surface area contributed by atoms with Crippen LogP contribution in [0.1, 0.15) is 117 Å². The smallest absolute Gasteiger partial charge is 0.264 e. The Kier molecular flexibility index (Phi) is 9.68. The number of nitrogens with zero attached hydrogens (tertiary/aromatic N) is 4. The lowest BCUT2D eigenvalue weighted by atomic mass is 9.69. The molecule has 50 heavy (non-hydrogen) atoms. The van der Waals surface area contributed by atoms with Crippen LogP contribution in [0.2, 0.25) is 0 Å². The Bertz CT molecular complexity index is 2130. The maximum Gasteiger partial charge on any atom is 0.264 e. The van der Waals surface area contributed by atoms with Crippen LogP contribution in [0.15, 0.2) is 53.6 Å². The summed E-state index contributed by atoms with van der Waals surface area (Å²) in [6, 6.07) is 16.5. The van der Waals surface area contributed by atoms with E-state index in [4.69, 9.17) is 10.3 Å². The summed E-state index contributed by atoms with van der Waals surface area (Å²) in [4.78, 5) is 19.0. The van der Waals surface area contributed by atoms with Crippen molar-refractivity contribution in [1.29, 1.82) is 0 Å². The fourth-order valence-corrected chi connectivity index (χ4v) is 9.12. The largest absolute Gasteiger partial charge is 0.456 e. The Morgan fingerprint density at radius 1 is 0.980 bits per heavy atom. The summed E-state index contributed by atoms with van der Waals surface area (Å²) in [6.07, 6.45) is 5.88. The van der Waals surface area contributed by atoms with Crippen LogP contribution in [-0.4, -0.2) is 49.2 Å². The van der Waals surface area contributed by atoms with Gasteiger partial charge < -0.3 is 9.64 Å². The van der Waals surface area contributed by atoms with E-state index in [1.807, 2.05) is 24.3 Å². The van der Waals surface area contributed by atoms with Gasteiger partial charge in [-0.15, -0.1) is 0 Å². The number of carbonyl (C=O) groups excluding carboxylic acids is 1. The fourth-order valence-electron chi connectivity index (χ4n) is 8.62. The summed E-state index contributed by atoms with van der Waals surface area (Å²) < 4.78 is 39.3. The average Bonchev–Trinajstić information content (AvgIpc) is 3.01. The van der Waals surface area contributed by atoms with Crippen LogP contribution in [-0.2, 0) is 16.5 Å².